The van der Waals surface area contributed by atoms with Crippen molar-refractivity contribution in [3.63, 3.8) is 0 Å². The molecule has 100 valence electrons. The molecule has 0 radical (unpaired) electrons. The van der Waals surface area contributed by atoms with Gasteiger partial charge in [0.15, 0.2) is 5.65 Å². The average molecular weight is 260 g/mol. The minimum absolute atomic E-state index is 0.0973. The molecule has 6 nitrogen and oxygen atoms in total. The highest BCUT2D eigenvalue weighted by Gasteiger charge is 2.42. The summed E-state index contributed by atoms with van der Waals surface area (Å²) in [6, 6.07) is 1.77. The van der Waals surface area contributed by atoms with E-state index in [-0.39, 0.29) is 17.9 Å². The van der Waals surface area contributed by atoms with Gasteiger partial charge < -0.3 is 10.4 Å². The molecule has 1 amide bonds. The van der Waals surface area contributed by atoms with E-state index in [1.807, 2.05) is 0 Å². The normalized spacial score (nSPS) is 16.5. The van der Waals surface area contributed by atoms with Crippen LogP contribution in [-0.2, 0) is 0 Å². The van der Waals surface area contributed by atoms with E-state index < -0.39 is 0 Å². The highest BCUT2D eigenvalue weighted by Crippen LogP contribution is 2.44. The van der Waals surface area contributed by atoms with Crippen molar-refractivity contribution in [2.24, 2.45) is 5.41 Å². The molecule has 0 saturated heterocycles. The number of aromatic nitrogens is 3. The first-order chi connectivity index (χ1) is 9.15. The number of aryl methyl sites for hydroxylation is 1. The van der Waals surface area contributed by atoms with E-state index in [2.05, 4.69) is 15.4 Å². The Hall–Kier alpha value is -1.95. The molecule has 0 aromatic carbocycles. The third-order valence-electron chi connectivity index (χ3n) is 3.71. The summed E-state index contributed by atoms with van der Waals surface area (Å²) in [6.07, 6.45) is 5.34. The Labute approximate surface area is 110 Å². The van der Waals surface area contributed by atoms with Gasteiger partial charge in [0.25, 0.3) is 5.91 Å². The number of hydrogen-bond donors (Lipinski definition) is 2. The van der Waals surface area contributed by atoms with Crippen LogP contribution in [0.2, 0.25) is 0 Å². The molecule has 1 aliphatic rings. The molecule has 0 bridgehead atoms. The highest BCUT2D eigenvalue weighted by molar-refractivity contribution is 6.01. The Bertz CT molecular complexity index is 631. The number of carbonyl (C=O) groups excluding carboxylic acids is 1. The van der Waals surface area contributed by atoms with Crippen molar-refractivity contribution < 1.29 is 9.90 Å². The number of amides is 1. The molecule has 3 rings (SSSR count). The summed E-state index contributed by atoms with van der Waals surface area (Å²) >= 11 is 0. The number of hydrogen-bond acceptors (Lipinski definition) is 4. The van der Waals surface area contributed by atoms with Crippen LogP contribution in [0.25, 0.3) is 5.65 Å². The maximum atomic E-state index is 12.2. The third kappa shape index (κ3) is 2.08. The number of aliphatic hydroxyl groups is 1. The fraction of sp³-hybridized carbons (Fsp3) is 0.462. The van der Waals surface area contributed by atoms with Crippen molar-refractivity contribution in [2.45, 2.75) is 19.8 Å². The monoisotopic (exact) mass is 260 g/mol. The second-order valence-electron chi connectivity index (χ2n) is 5.19. The molecule has 0 aliphatic heterocycles. The van der Waals surface area contributed by atoms with Crippen LogP contribution in [0.1, 0.15) is 28.9 Å². The van der Waals surface area contributed by atoms with Gasteiger partial charge in [-0.2, -0.15) is 5.10 Å². The molecule has 1 saturated carbocycles. The van der Waals surface area contributed by atoms with Gasteiger partial charge in [-0.15, -0.1) is 0 Å². The molecule has 2 aromatic heterocycles. The van der Waals surface area contributed by atoms with Gasteiger partial charge in [0, 0.05) is 24.4 Å². The Balaban J connectivity index is 1.83. The second-order valence-corrected chi connectivity index (χ2v) is 5.19. The molecule has 2 heterocycles. The van der Waals surface area contributed by atoms with Crippen molar-refractivity contribution in [1.29, 1.82) is 0 Å². The number of rotatable bonds is 4. The van der Waals surface area contributed by atoms with Crippen LogP contribution in [0.3, 0.4) is 0 Å². The van der Waals surface area contributed by atoms with Crippen molar-refractivity contribution in [3.05, 3.63) is 29.7 Å². The predicted octanol–water partition coefficient (Wildman–Crippen LogP) is 0.540. The van der Waals surface area contributed by atoms with Crippen LogP contribution in [0.5, 0.6) is 0 Å². The van der Waals surface area contributed by atoms with E-state index in [4.69, 9.17) is 0 Å². The lowest BCUT2D eigenvalue weighted by molar-refractivity contribution is 0.0936. The largest absolute Gasteiger partial charge is 0.396 e. The summed E-state index contributed by atoms with van der Waals surface area (Å²) in [5.74, 6) is -0.175. The van der Waals surface area contributed by atoms with E-state index in [9.17, 15) is 9.90 Å². The zero-order valence-electron chi connectivity index (χ0n) is 10.8. The number of aliphatic hydroxyl groups excluding tert-OH is 1. The zero-order chi connectivity index (χ0) is 13.5. The van der Waals surface area contributed by atoms with Gasteiger partial charge >= 0.3 is 0 Å². The first kappa shape index (κ1) is 12.1. The highest BCUT2D eigenvalue weighted by atomic mass is 16.3. The van der Waals surface area contributed by atoms with Crippen LogP contribution in [0, 0.1) is 12.3 Å². The molecule has 0 unspecified atom stereocenters. The van der Waals surface area contributed by atoms with Crippen LogP contribution >= 0.6 is 0 Å². The van der Waals surface area contributed by atoms with E-state index in [0.29, 0.717) is 23.4 Å². The number of fused-ring (bicyclic) bond motifs is 1. The molecule has 6 heteroatoms. The van der Waals surface area contributed by atoms with E-state index >= 15 is 0 Å². The van der Waals surface area contributed by atoms with Gasteiger partial charge in [0.2, 0.25) is 0 Å². The van der Waals surface area contributed by atoms with Gasteiger partial charge in [-0.25, -0.2) is 9.50 Å². The number of carbonyl (C=O) groups is 1. The second kappa shape index (κ2) is 4.31. The molecule has 2 aromatic rings. The lowest BCUT2D eigenvalue weighted by atomic mass is 10.1. The molecule has 1 aliphatic carbocycles. The molecular weight excluding hydrogens is 244 g/mol. The summed E-state index contributed by atoms with van der Waals surface area (Å²) in [4.78, 5) is 16.4. The third-order valence-corrected chi connectivity index (χ3v) is 3.71. The van der Waals surface area contributed by atoms with Gasteiger partial charge in [-0.3, -0.25) is 4.79 Å². The maximum Gasteiger partial charge on any atom is 0.257 e. The number of nitrogens with one attached hydrogen (secondary N) is 1. The fourth-order valence-electron chi connectivity index (χ4n) is 2.19. The maximum absolute atomic E-state index is 12.2. The van der Waals surface area contributed by atoms with Crippen molar-refractivity contribution in [3.8, 4) is 0 Å². The minimum atomic E-state index is -0.175. The molecule has 0 spiro atoms. The van der Waals surface area contributed by atoms with Crippen molar-refractivity contribution in [1.82, 2.24) is 19.9 Å². The summed E-state index contributed by atoms with van der Waals surface area (Å²) in [5, 5.41) is 16.4. The Kier molecular flexibility index (Phi) is 2.74. The van der Waals surface area contributed by atoms with Gasteiger partial charge in [-0.05, 0) is 25.8 Å². The lowest BCUT2D eigenvalue weighted by Gasteiger charge is -2.12. The van der Waals surface area contributed by atoms with E-state index in [1.165, 1.54) is 0 Å². The summed E-state index contributed by atoms with van der Waals surface area (Å²) in [7, 11) is 0. The first-order valence-electron chi connectivity index (χ1n) is 6.34. The summed E-state index contributed by atoms with van der Waals surface area (Å²) < 4.78 is 1.60. The number of nitrogens with zero attached hydrogens (tertiary/aromatic N) is 3. The van der Waals surface area contributed by atoms with E-state index in [0.717, 1.165) is 12.8 Å². The van der Waals surface area contributed by atoms with Gasteiger partial charge in [-0.1, -0.05) is 0 Å². The molecule has 0 atom stereocenters. The standard InChI is InChI=1S/C13H16N4O2/c1-9-10(11-14-5-2-6-17(11)16-9)12(19)15-7-13(8-18)3-4-13/h2,5-6,18H,3-4,7-8H2,1H3,(H,15,19). The van der Waals surface area contributed by atoms with Crippen molar-refractivity contribution in [2.75, 3.05) is 13.2 Å². The Morgan fingerprint density at radius 2 is 2.37 bits per heavy atom. The average Bonchev–Trinajstić information content (AvgIpc) is 3.12. The van der Waals surface area contributed by atoms with Gasteiger partial charge in [0.1, 0.15) is 5.56 Å². The van der Waals surface area contributed by atoms with Crippen molar-refractivity contribution >= 4 is 11.6 Å². The van der Waals surface area contributed by atoms with Crippen LogP contribution in [0.15, 0.2) is 18.5 Å². The smallest absolute Gasteiger partial charge is 0.257 e. The SMILES string of the molecule is Cc1nn2cccnc2c1C(=O)NCC1(CO)CC1. The van der Waals surface area contributed by atoms with Crippen LogP contribution in [0.4, 0.5) is 0 Å². The predicted molar refractivity (Wildman–Crippen MR) is 68.8 cm³/mol. The summed E-state index contributed by atoms with van der Waals surface area (Å²) in [6.45, 7) is 2.42. The molecule has 19 heavy (non-hydrogen) atoms. The topological polar surface area (TPSA) is 79.5 Å². The Morgan fingerprint density at radius 1 is 1.58 bits per heavy atom. The van der Waals surface area contributed by atoms with E-state index in [1.54, 1.807) is 29.9 Å². The minimum Gasteiger partial charge on any atom is -0.396 e. The van der Waals surface area contributed by atoms with Crippen LogP contribution in [-0.4, -0.2) is 38.8 Å². The molecule has 2 N–H and O–H groups in total. The van der Waals surface area contributed by atoms with Gasteiger partial charge in [0.05, 0.1) is 12.3 Å². The molecular formula is C13H16N4O2. The molecule has 1 fully saturated rings. The zero-order valence-corrected chi connectivity index (χ0v) is 10.8. The fourth-order valence-corrected chi connectivity index (χ4v) is 2.19. The quantitative estimate of drug-likeness (QED) is 0.841. The van der Waals surface area contributed by atoms with Crippen LogP contribution < -0.4 is 5.32 Å². The lowest BCUT2D eigenvalue weighted by Crippen LogP contribution is -2.32. The summed E-state index contributed by atoms with van der Waals surface area (Å²) in [5.41, 5.74) is 1.63. The first-order valence-corrected chi connectivity index (χ1v) is 6.34. The Morgan fingerprint density at radius 3 is 3.05 bits per heavy atom.